The Labute approximate surface area is 113 Å². The smallest absolute Gasteiger partial charge is 0.310 e. The Kier molecular flexibility index (Phi) is 4.97. The van der Waals surface area contributed by atoms with Crippen LogP contribution in [0.1, 0.15) is 25.7 Å². The van der Waals surface area contributed by atoms with Crippen LogP contribution in [0.3, 0.4) is 0 Å². The molecule has 0 heterocycles. The van der Waals surface area contributed by atoms with E-state index in [1.165, 1.54) is 0 Å². The zero-order chi connectivity index (χ0) is 14.7. The van der Waals surface area contributed by atoms with Gasteiger partial charge in [-0.25, -0.2) is 21.6 Å². The largest absolute Gasteiger partial charge is 0.481 e. The molecule has 1 rings (SSSR count). The summed E-state index contributed by atoms with van der Waals surface area (Å²) >= 11 is 0. The van der Waals surface area contributed by atoms with Crippen molar-refractivity contribution in [3.8, 4) is 0 Å². The quantitative estimate of drug-likeness (QED) is 0.660. The molecule has 0 amide bonds. The van der Waals surface area contributed by atoms with Crippen molar-refractivity contribution in [1.29, 1.82) is 0 Å². The topological polar surface area (TPSA) is 118 Å². The molecule has 1 aliphatic carbocycles. The molecule has 19 heavy (non-hydrogen) atoms. The van der Waals surface area contributed by atoms with Gasteiger partial charge >= 0.3 is 5.97 Å². The van der Waals surface area contributed by atoms with Crippen LogP contribution in [0.25, 0.3) is 0 Å². The second-order valence-electron chi connectivity index (χ2n) is 5.06. The van der Waals surface area contributed by atoms with Crippen LogP contribution < -0.4 is 4.72 Å². The molecule has 0 radical (unpaired) electrons. The Hall–Kier alpha value is -0.670. The highest BCUT2D eigenvalue weighted by Gasteiger charge is 2.41. The minimum absolute atomic E-state index is 0.172. The first-order valence-corrected chi connectivity index (χ1v) is 9.66. The Morgan fingerprint density at radius 2 is 1.68 bits per heavy atom. The minimum Gasteiger partial charge on any atom is -0.481 e. The van der Waals surface area contributed by atoms with E-state index in [0.29, 0.717) is 12.8 Å². The Morgan fingerprint density at radius 3 is 2.11 bits per heavy atom. The molecule has 2 N–H and O–H groups in total. The van der Waals surface area contributed by atoms with Crippen LogP contribution >= 0.6 is 0 Å². The number of hydrogen-bond acceptors (Lipinski definition) is 5. The van der Waals surface area contributed by atoms with Gasteiger partial charge in [0.05, 0.1) is 16.9 Å². The average Bonchev–Trinajstić information content (AvgIpc) is 2.73. The fourth-order valence-electron chi connectivity index (χ4n) is 2.10. The third-order valence-corrected chi connectivity index (χ3v) is 5.90. The first kappa shape index (κ1) is 16.4. The number of carboxylic acids is 1. The van der Waals surface area contributed by atoms with Crippen molar-refractivity contribution in [2.45, 2.75) is 25.7 Å². The van der Waals surface area contributed by atoms with Crippen molar-refractivity contribution in [1.82, 2.24) is 4.72 Å². The third kappa shape index (κ3) is 5.07. The van der Waals surface area contributed by atoms with Crippen LogP contribution in [-0.2, 0) is 24.7 Å². The maximum absolute atomic E-state index is 11.6. The van der Waals surface area contributed by atoms with E-state index >= 15 is 0 Å². The van der Waals surface area contributed by atoms with Crippen LogP contribution in [0.15, 0.2) is 0 Å². The van der Waals surface area contributed by atoms with Gasteiger partial charge in [0.2, 0.25) is 10.0 Å². The molecule has 0 saturated heterocycles. The lowest BCUT2D eigenvalue weighted by Gasteiger charge is -2.23. The lowest BCUT2D eigenvalue weighted by Crippen LogP contribution is -2.42. The monoisotopic (exact) mass is 313 g/mol. The van der Waals surface area contributed by atoms with Crippen LogP contribution in [0.4, 0.5) is 0 Å². The molecule has 0 aromatic carbocycles. The highest BCUT2D eigenvalue weighted by molar-refractivity contribution is 7.93. The van der Waals surface area contributed by atoms with E-state index in [1.807, 2.05) is 0 Å². The fraction of sp³-hybridized carbons (Fsp3) is 0.900. The number of carboxylic acid groups (broad SMARTS) is 1. The van der Waals surface area contributed by atoms with Crippen molar-refractivity contribution in [2.75, 3.05) is 24.3 Å². The van der Waals surface area contributed by atoms with Crippen molar-refractivity contribution >= 4 is 25.8 Å². The van der Waals surface area contributed by atoms with Gasteiger partial charge in [-0.05, 0) is 12.8 Å². The standard InChI is InChI=1S/C10H19NO6S2/c1-18(14,15)6-7-19(16,17)11-8-10(9(12)13)4-2-3-5-10/h11H,2-8H2,1H3,(H,12,13). The lowest BCUT2D eigenvalue weighted by molar-refractivity contribution is -0.148. The van der Waals surface area contributed by atoms with Crippen LogP contribution in [0.5, 0.6) is 0 Å². The molecule has 0 aliphatic heterocycles. The van der Waals surface area contributed by atoms with Gasteiger partial charge in [0, 0.05) is 12.8 Å². The van der Waals surface area contributed by atoms with Crippen molar-refractivity contribution in [2.24, 2.45) is 5.41 Å². The van der Waals surface area contributed by atoms with Gasteiger partial charge in [-0.1, -0.05) is 12.8 Å². The Morgan fingerprint density at radius 1 is 1.16 bits per heavy atom. The highest BCUT2D eigenvalue weighted by Crippen LogP contribution is 2.37. The van der Waals surface area contributed by atoms with Crippen LogP contribution in [0, 0.1) is 5.41 Å². The number of carbonyl (C=O) groups is 1. The molecular formula is C10H19NO6S2. The van der Waals surface area contributed by atoms with Gasteiger partial charge in [-0.3, -0.25) is 4.79 Å². The summed E-state index contributed by atoms with van der Waals surface area (Å²) in [6.45, 7) is -0.172. The summed E-state index contributed by atoms with van der Waals surface area (Å²) in [5, 5.41) is 9.19. The average molecular weight is 313 g/mol. The summed E-state index contributed by atoms with van der Waals surface area (Å²) in [4.78, 5) is 11.2. The zero-order valence-electron chi connectivity index (χ0n) is 10.8. The molecule has 0 unspecified atom stereocenters. The van der Waals surface area contributed by atoms with E-state index in [9.17, 15) is 26.7 Å². The first-order valence-electron chi connectivity index (χ1n) is 5.95. The number of sulfonamides is 1. The van der Waals surface area contributed by atoms with E-state index in [0.717, 1.165) is 19.1 Å². The van der Waals surface area contributed by atoms with Crippen LogP contribution in [-0.4, -0.2) is 52.2 Å². The van der Waals surface area contributed by atoms with Gasteiger partial charge in [-0.2, -0.15) is 0 Å². The lowest BCUT2D eigenvalue weighted by atomic mass is 9.87. The number of nitrogens with one attached hydrogen (secondary N) is 1. The van der Waals surface area contributed by atoms with E-state index in [2.05, 4.69) is 4.72 Å². The maximum Gasteiger partial charge on any atom is 0.310 e. The van der Waals surface area contributed by atoms with E-state index < -0.39 is 42.8 Å². The molecule has 7 nitrogen and oxygen atoms in total. The molecule has 112 valence electrons. The van der Waals surface area contributed by atoms with Crippen molar-refractivity contribution in [3.63, 3.8) is 0 Å². The predicted octanol–water partition coefficient (Wildman–Crippen LogP) is -0.405. The molecule has 0 aromatic heterocycles. The number of sulfone groups is 1. The second-order valence-corrected chi connectivity index (χ2v) is 9.25. The SMILES string of the molecule is CS(=O)(=O)CCS(=O)(=O)NCC1(C(=O)O)CCCC1. The molecule has 0 bridgehead atoms. The Bertz CT molecular complexity index is 530. The number of hydrogen-bond donors (Lipinski definition) is 2. The van der Waals surface area contributed by atoms with Gasteiger partial charge in [0.1, 0.15) is 9.84 Å². The van der Waals surface area contributed by atoms with Crippen molar-refractivity contribution in [3.05, 3.63) is 0 Å². The summed E-state index contributed by atoms with van der Waals surface area (Å²) in [5.74, 6) is -2.01. The highest BCUT2D eigenvalue weighted by atomic mass is 32.2. The Balaban J connectivity index is 2.62. The van der Waals surface area contributed by atoms with Gasteiger partial charge in [0.25, 0.3) is 0 Å². The maximum atomic E-state index is 11.6. The van der Waals surface area contributed by atoms with Crippen LogP contribution in [0.2, 0.25) is 0 Å². The molecule has 1 aliphatic rings. The predicted molar refractivity (Wildman–Crippen MR) is 70.0 cm³/mol. The number of rotatable bonds is 7. The number of aliphatic carboxylic acids is 1. The third-order valence-electron chi connectivity index (χ3n) is 3.37. The normalized spacial score (nSPS) is 19.4. The fourth-order valence-corrected chi connectivity index (χ4v) is 4.83. The molecule has 9 heteroatoms. The molecule has 1 fully saturated rings. The van der Waals surface area contributed by atoms with E-state index in [1.54, 1.807) is 0 Å². The molecule has 1 saturated carbocycles. The van der Waals surface area contributed by atoms with Gasteiger partial charge in [-0.15, -0.1) is 0 Å². The van der Waals surface area contributed by atoms with E-state index in [-0.39, 0.29) is 6.54 Å². The zero-order valence-corrected chi connectivity index (χ0v) is 12.4. The van der Waals surface area contributed by atoms with Gasteiger partial charge in [0.15, 0.2) is 0 Å². The van der Waals surface area contributed by atoms with Crippen molar-refractivity contribution < 1.29 is 26.7 Å². The second kappa shape index (κ2) is 5.76. The van der Waals surface area contributed by atoms with Gasteiger partial charge < -0.3 is 5.11 Å². The van der Waals surface area contributed by atoms with E-state index in [4.69, 9.17) is 0 Å². The summed E-state index contributed by atoms with van der Waals surface area (Å²) < 4.78 is 47.3. The molecular weight excluding hydrogens is 294 g/mol. The summed E-state index contributed by atoms with van der Waals surface area (Å²) in [6, 6.07) is 0. The first-order chi connectivity index (χ1) is 8.56. The molecule has 0 atom stereocenters. The summed E-state index contributed by atoms with van der Waals surface area (Å²) in [6.07, 6.45) is 3.36. The summed E-state index contributed by atoms with van der Waals surface area (Å²) in [5.41, 5.74) is -1.04. The molecule has 0 spiro atoms. The summed E-state index contributed by atoms with van der Waals surface area (Å²) in [7, 11) is -7.13. The minimum atomic E-state index is -3.77. The molecule has 0 aromatic rings.